The molecule has 3 heterocycles. The van der Waals surface area contributed by atoms with E-state index in [0.717, 1.165) is 25.3 Å². The molecule has 0 amide bonds. The largest absolute Gasteiger partial charge is 0.296 e. The molecule has 5 rings (SSSR count). The van der Waals surface area contributed by atoms with Gasteiger partial charge < -0.3 is 0 Å². The van der Waals surface area contributed by atoms with Gasteiger partial charge in [-0.3, -0.25) is 4.90 Å². The van der Waals surface area contributed by atoms with E-state index in [9.17, 15) is 0 Å². The number of hydrogen-bond acceptors (Lipinski definition) is 5. The summed E-state index contributed by atoms with van der Waals surface area (Å²) in [6, 6.07) is 0. The Morgan fingerprint density at radius 1 is 1.12 bits per heavy atom. The maximum Gasteiger partial charge on any atom is 0.125 e. The van der Waals surface area contributed by atoms with Gasteiger partial charge in [0.25, 0.3) is 0 Å². The van der Waals surface area contributed by atoms with Crippen molar-refractivity contribution in [2.45, 2.75) is 70.3 Å². The van der Waals surface area contributed by atoms with Crippen LogP contribution in [0.25, 0.3) is 0 Å². The first-order chi connectivity index (χ1) is 12.2. The molecule has 5 heteroatoms. The lowest BCUT2D eigenvalue weighted by molar-refractivity contribution is 0.136. The molecule has 132 valence electrons. The smallest absolute Gasteiger partial charge is 0.125 e. The Balaban J connectivity index is 1.37. The molecule has 0 saturated carbocycles. The van der Waals surface area contributed by atoms with Crippen LogP contribution in [0.3, 0.4) is 0 Å². The molecule has 0 N–H and O–H groups in total. The number of aryl methyl sites for hydroxylation is 4. The van der Waals surface area contributed by atoms with Crippen molar-refractivity contribution in [2.75, 3.05) is 13.1 Å². The Bertz CT molecular complexity index is 771. The predicted molar refractivity (Wildman–Crippen MR) is 100 cm³/mol. The molecule has 1 aliphatic heterocycles. The van der Waals surface area contributed by atoms with E-state index >= 15 is 0 Å². The summed E-state index contributed by atoms with van der Waals surface area (Å²) in [6.07, 6.45) is 12.1. The van der Waals surface area contributed by atoms with Gasteiger partial charge in [-0.2, -0.15) is 0 Å². The average Bonchev–Trinajstić information content (AvgIpc) is 3.17. The van der Waals surface area contributed by atoms with Crippen molar-refractivity contribution >= 4 is 11.3 Å². The van der Waals surface area contributed by atoms with Crippen LogP contribution in [0.1, 0.15) is 64.8 Å². The van der Waals surface area contributed by atoms with E-state index in [0.29, 0.717) is 0 Å². The highest BCUT2D eigenvalue weighted by Gasteiger charge is 2.43. The van der Waals surface area contributed by atoms with Gasteiger partial charge >= 0.3 is 0 Å². The van der Waals surface area contributed by atoms with Crippen LogP contribution >= 0.6 is 11.3 Å². The van der Waals surface area contributed by atoms with Crippen molar-refractivity contribution in [1.29, 1.82) is 0 Å². The number of fused-ring (bicyclic) bond motifs is 3. The molecule has 1 unspecified atom stereocenters. The molecule has 2 aliphatic carbocycles. The molecule has 1 fully saturated rings. The highest BCUT2D eigenvalue weighted by Crippen LogP contribution is 2.44. The number of piperidine rings is 1. The summed E-state index contributed by atoms with van der Waals surface area (Å²) >= 11 is 1.97. The lowest BCUT2D eigenvalue weighted by Gasteiger charge is -2.40. The normalized spacial score (nSPS) is 26.0. The zero-order chi connectivity index (χ0) is 16.9. The van der Waals surface area contributed by atoms with Crippen molar-refractivity contribution in [2.24, 2.45) is 0 Å². The van der Waals surface area contributed by atoms with Gasteiger partial charge in [0, 0.05) is 23.0 Å². The minimum Gasteiger partial charge on any atom is -0.296 e. The Kier molecular flexibility index (Phi) is 3.90. The minimum atomic E-state index is 0.262. The molecule has 0 bridgehead atoms. The number of thiazole rings is 1. The number of nitrogens with zero attached hydrogens (tertiary/aromatic N) is 4. The molecule has 1 spiro atoms. The maximum atomic E-state index is 4.97. The van der Waals surface area contributed by atoms with Crippen LogP contribution in [0.4, 0.5) is 0 Å². The van der Waals surface area contributed by atoms with Crippen LogP contribution in [0.2, 0.25) is 0 Å². The fourth-order valence-electron chi connectivity index (χ4n) is 5.05. The lowest BCUT2D eigenvalue weighted by Crippen LogP contribution is -2.45. The number of aromatic nitrogens is 3. The van der Waals surface area contributed by atoms with Gasteiger partial charge in [0.05, 0.1) is 17.9 Å². The Morgan fingerprint density at radius 3 is 2.96 bits per heavy atom. The zero-order valence-electron chi connectivity index (χ0n) is 15.1. The molecule has 0 radical (unpaired) electrons. The molecule has 3 aliphatic rings. The van der Waals surface area contributed by atoms with E-state index in [-0.39, 0.29) is 5.41 Å². The standard InChI is InChI=1S/C20H26N4S/c1-14-21-11-15-7-9-20(19(15)22-14)8-4-10-24(13-20)12-18-23-16-5-2-3-6-17(16)25-18/h11H,2-10,12-13H2,1H3. The number of hydrogen-bond donors (Lipinski definition) is 0. The third-order valence-corrected chi connectivity index (χ3v) is 7.41. The van der Waals surface area contributed by atoms with Gasteiger partial charge in [0.2, 0.25) is 0 Å². The third-order valence-electron chi connectivity index (χ3n) is 6.26. The first-order valence-electron chi connectivity index (χ1n) is 9.75. The van der Waals surface area contributed by atoms with Gasteiger partial charge in [-0.05, 0) is 70.4 Å². The Morgan fingerprint density at radius 2 is 2.04 bits per heavy atom. The predicted octanol–water partition coefficient (Wildman–Crippen LogP) is 3.60. The van der Waals surface area contributed by atoms with E-state index in [2.05, 4.69) is 16.1 Å². The number of likely N-dealkylation sites (tertiary alicyclic amines) is 1. The van der Waals surface area contributed by atoms with Crippen molar-refractivity contribution in [3.63, 3.8) is 0 Å². The Labute approximate surface area is 153 Å². The van der Waals surface area contributed by atoms with E-state index < -0.39 is 0 Å². The van der Waals surface area contributed by atoms with Crippen LogP contribution in [0, 0.1) is 6.92 Å². The summed E-state index contributed by atoms with van der Waals surface area (Å²) in [7, 11) is 0. The molecule has 25 heavy (non-hydrogen) atoms. The first kappa shape index (κ1) is 15.9. The van der Waals surface area contributed by atoms with Gasteiger partial charge in [-0.1, -0.05) is 0 Å². The van der Waals surface area contributed by atoms with E-state index in [1.165, 1.54) is 73.4 Å². The third kappa shape index (κ3) is 2.81. The van der Waals surface area contributed by atoms with Crippen LogP contribution < -0.4 is 0 Å². The average molecular weight is 355 g/mol. The molecule has 0 aromatic carbocycles. The summed E-state index contributed by atoms with van der Waals surface area (Å²) in [6.45, 7) is 5.39. The Hall–Kier alpha value is -1.33. The van der Waals surface area contributed by atoms with Gasteiger partial charge in [0.15, 0.2) is 0 Å². The van der Waals surface area contributed by atoms with Crippen molar-refractivity contribution in [3.05, 3.63) is 38.9 Å². The zero-order valence-corrected chi connectivity index (χ0v) is 15.9. The van der Waals surface area contributed by atoms with Crippen LogP contribution in [-0.4, -0.2) is 32.9 Å². The number of rotatable bonds is 2. The second-order valence-corrected chi connectivity index (χ2v) is 9.24. The fraction of sp³-hybridized carbons (Fsp3) is 0.650. The molecule has 1 saturated heterocycles. The molecule has 2 aromatic rings. The minimum absolute atomic E-state index is 0.262. The molecule has 4 nitrogen and oxygen atoms in total. The molecule has 2 aromatic heterocycles. The monoisotopic (exact) mass is 354 g/mol. The topological polar surface area (TPSA) is 41.9 Å². The maximum absolute atomic E-state index is 4.97. The SMILES string of the molecule is Cc1ncc2c(n1)C1(CCCN(Cc3nc4c(s3)CCCC4)C1)CC2. The quantitative estimate of drug-likeness (QED) is 0.826. The van der Waals surface area contributed by atoms with Crippen LogP contribution in [0.5, 0.6) is 0 Å². The molecule has 1 atom stereocenters. The molecular formula is C20H26N4S. The lowest BCUT2D eigenvalue weighted by atomic mass is 9.77. The van der Waals surface area contributed by atoms with Crippen molar-refractivity contribution in [3.8, 4) is 0 Å². The second-order valence-electron chi connectivity index (χ2n) is 8.07. The van der Waals surface area contributed by atoms with Crippen LogP contribution in [-0.2, 0) is 31.2 Å². The second kappa shape index (κ2) is 6.13. The fourth-order valence-corrected chi connectivity index (χ4v) is 6.25. The van der Waals surface area contributed by atoms with Gasteiger partial charge in [0.1, 0.15) is 10.8 Å². The van der Waals surface area contributed by atoms with Gasteiger partial charge in [-0.25, -0.2) is 15.0 Å². The molecular weight excluding hydrogens is 328 g/mol. The summed E-state index contributed by atoms with van der Waals surface area (Å²) < 4.78 is 0. The van der Waals surface area contributed by atoms with E-state index in [1.54, 1.807) is 4.88 Å². The first-order valence-corrected chi connectivity index (χ1v) is 10.6. The summed E-state index contributed by atoms with van der Waals surface area (Å²) in [5.74, 6) is 0.921. The summed E-state index contributed by atoms with van der Waals surface area (Å²) in [5, 5.41) is 1.33. The summed E-state index contributed by atoms with van der Waals surface area (Å²) in [4.78, 5) is 18.5. The van der Waals surface area contributed by atoms with Gasteiger partial charge in [-0.15, -0.1) is 11.3 Å². The van der Waals surface area contributed by atoms with Crippen LogP contribution in [0.15, 0.2) is 6.20 Å². The van der Waals surface area contributed by atoms with E-state index in [1.807, 2.05) is 18.3 Å². The van der Waals surface area contributed by atoms with Crippen molar-refractivity contribution < 1.29 is 0 Å². The highest BCUT2D eigenvalue weighted by atomic mass is 32.1. The summed E-state index contributed by atoms with van der Waals surface area (Å²) in [5.41, 5.74) is 4.39. The van der Waals surface area contributed by atoms with Crippen molar-refractivity contribution in [1.82, 2.24) is 19.9 Å². The highest BCUT2D eigenvalue weighted by molar-refractivity contribution is 7.11. The van der Waals surface area contributed by atoms with E-state index in [4.69, 9.17) is 9.97 Å².